The first-order chi connectivity index (χ1) is 17.7. The van der Waals surface area contributed by atoms with Gasteiger partial charge in [0.2, 0.25) is 5.91 Å². The van der Waals surface area contributed by atoms with E-state index in [4.69, 9.17) is 10.8 Å². The van der Waals surface area contributed by atoms with Gasteiger partial charge in [-0.1, -0.05) is 18.6 Å². The largest absolute Gasteiger partial charge is 0.416 e. The lowest BCUT2D eigenvalue weighted by Gasteiger charge is -2.20. The maximum absolute atomic E-state index is 13.2. The van der Waals surface area contributed by atoms with Crippen LogP contribution in [0.5, 0.6) is 0 Å². The third-order valence-electron chi connectivity index (χ3n) is 6.02. The molecule has 4 N–H and O–H groups in total. The molecular weight excluding hydrogens is 514 g/mol. The highest BCUT2D eigenvalue weighted by Gasteiger charge is 2.37. The van der Waals surface area contributed by atoms with Gasteiger partial charge in [-0.3, -0.25) is 9.59 Å². The molecule has 0 spiro atoms. The molecule has 5 nitrogen and oxygen atoms in total. The van der Waals surface area contributed by atoms with Crippen molar-refractivity contribution in [1.82, 2.24) is 5.32 Å². The predicted octanol–water partition coefficient (Wildman–Crippen LogP) is 5.71. The lowest BCUT2D eigenvalue weighted by Crippen LogP contribution is -2.23. The van der Waals surface area contributed by atoms with Gasteiger partial charge < -0.3 is 16.2 Å². The zero-order chi connectivity index (χ0) is 28.1. The first-order valence-corrected chi connectivity index (χ1v) is 12.0. The number of allylic oxidation sites excluding steroid dienone is 4. The lowest BCUT2D eigenvalue weighted by atomic mass is 9.83. The molecule has 0 aromatic heterocycles. The highest BCUT2D eigenvalue weighted by Crippen LogP contribution is 2.38. The van der Waals surface area contributed by atoms with E-state index in [2.05, 4.69) is 16.8 Å². The van der Waals surface area contributed by atoms with Crippen molar-refractivity contribution in [3.63, 3.8) is 0 Å². The summed E-state index contributed by atoms with van der Waals surface area (Å²) in [5.74, 6) is -0.824. The van der Waals surface area contributed by atoms with Crippen LogP contribution in [0.15, 0.2) is 58.2 Å². The Bertz CT molecular complexity index is 1230. The number of hydrogen-bond acceptors (Lipinski definition) is 4. The summed E-state index contributed by atoms with van der Waals surface area (Å²) in [4.78, 5) is 25.1. The van der Waals surface area contributed by atoms with Crippen LogP contribution in [0.1, 0.15) is 68.1 Å². The van der Waals surface area contributed by atoms with Crippen molar-refractivity contribution in [2.75, 3.05) is 0 Å². The van der Waals surface area contributed by atoms with Crippen molar-refractivity contribution in [3.05, 3.63) is 74.8 Å². The molecule has 1 fully saturated rings. The molecule has 38 heavy (non-hydrogen) atoms. The van der Waals surface area contributed by atoms with E-state index in [-0.39, 0.29) is 47.9 Å². The fourth-order valence-electron chi connectivity index (χ4n) is 4.11. The lowest BCUT2D eigenvalue weighted by molar-refractivity contribution is -0.143. The van der Waals surface area contributed by atoms with Crippen molar-refractivity contribution in [2.45, 2.75) is 69.9 Å². The van der Waals surface area contributed by atoms with Crippen LogP contribution >= 0.6 is 0 Å². The minimum atomic E-state index is -4.99. The minimum absolute atomic E-state index is 0.0335. The Labute approximate surface area is 215 Å². The van der Waals surface area contributed by atoms with Crippen LogP contribution in [-0.4, -0.2) is 23.0 Å². The average Bonchev–Trinajstić information content (AvgIpc) is 2.81. The van der Waals surface area contributed by atoms with Crippen LogP contribution in [-0.2, 0) is 21.9 Å². The topological polar surface area (TPSA) is 92.4 Å². The Hall–Kier alpha value is -3.36. The van der Waals surface area contributed by atoms with Crippen molar-refractivity contribution in [3.8, 4) is 0 Å². The van der Waals surface area contributed by atoms with Gasteiger partial charge in [0.05, 0.1) is 22.4 Å². The fourth-order valence-corrected chi connectivity index (χ4v) is 4.11. The first kappa shape index (κ1) is 29.2. The van der Waals surface area contributed by atoms with Gasteiger partial charge in [0.15, 0.2) is 5.78 Å². The number of nitrogens with two attached hydrogens (primary N) is 1. The van der Waals surface area contributed by atoms with E-state index in [0.29, 0.717) is 36.2 Å². The van der Waals surface area contributed by atoms with Crippen LogP contribution in [0.25, 0.3) is 6.08 Å². The van der Waals surface area contributed by atoms with Crippen molar-refractivity contribution in [2.24, 2.45) is 5.73 Å². The van der Waals surface area contributed by atoms with Gasteiger partial charge >= 0.3 is 12.4 Å². The third-order valence-corrected chi connectivity index (χ3v) is 6.02. The Morgan fingerprint density at radius 2 is 1.63 bits per heavy atom. The summed E-state index contributed by atoms with van der Waals surface area (Å²) in [5.41, 5.74) is 8.32. The number of benzene rings is 1. The number of alkyl halides is 6. The predicted molar refractivity (Wildman–Crippen MR) is 127 cm³/mol. The van der Waals surface area contributed by atoms with Crippen molar-refractivity contribution < 1.29 is 41.0 Å². The van der Waals surface area contributed by atoms with Gasteiger partial charge in [-0.2, -0.15) is 26.3 Å². The molecule has 2 aliphatic rings. The fraction of sp³-hybridized carbons (Fsp3) is 0.407. The number of amides is 1. The third kappa shape index (κ3) is 8.07. The molecule has 2 aliphatic carbocycles. The maximum Gasteiger partial charge on any atom is 0.416 e. The van der Waals surface area contributed by atoms with E-state index in [9.17, 15) is 35.9 Å². The molecule has 1 saturated carbocycles. The molecule has 3 rings (SSSR count). The van der Waals surface area contributed by atoms with Crippen LogP contribution in [0.4, 0.5) is 26.3 Å². The summed E-state index contributed by atoms with van der Waals surface area (Å²) in [7, 11) is 0. The number of carbonyl (C=O) groups excluding carboxylic acids is 2. The van der Waals surface area contributed by atoms with E-state index < -0.39 is 35.5 Å². The standard InChI is InChI=1S/C27H26F6N2O3/c28-26(29,30)19-12-16(13-20(15-19)27(31,32)33)11-18-8-7-17-14-21(9-10-22(17)25(18)38)35-24(37)6-4-2-1-3-5-23(34)36/h11-15,23,36H,1-8,34H2,(H,35,37)/b18-11+. The Kier molecular flexibility index (Phi) is 9.22. The number of ketones is 1. The van der Waals surface area contributed by atoms with Gasteiger partial charge in [-0.15, -0.1) is 0 Å². The zero-order valence-corrected chi connectivity index (χ0v) is 20.2. The van der Waals surface area contributed by atoms with Gasteiger partial charge in [-0.25, -0.2) is 0 Å². The molecule has 0 heterocycles. The van der Waals surface area contributed by atoms with E-state index in [1.165, 1.54) is 0 Å². The Morgan fingerprint density at radius 1 is 1.00 bits per heavy atom. The van der Waals surface area contributed by atoms with E-state index in [0.717, 1.165) is 25.3 Å². The number of carbonyl (C=O) groups is 2. The molecule has 1 atom stereocenters. The molecule has 1 aromatic rings. The van der Waals surface area contributed by atoms with Gasteiger partial charge in [0.1, 0.15) is 6.23 Å². The molecule has 0 bridgehead atoms. The number of aliphatic hydroxyl groups is 1. The molecule has 11 heteroatoms. The summed E-state index contributed by atoms with van der Waals surface area (Å²) in [5, 5.41) is 11.7. The average molecular weight is 541 g/mol. The number of halogens is 6. The summed E-state index contributed by atoms with van der Waals surface area (Å²) >= 11 is 0. The van der Waals surface area contributed by atoms with Crippen LogP contribution in [0.3, 0.4) is 0 Å². The van der Waals surface area contributed by atoms with E-state index >= 15 is 0 Å². The van der Waals surface area contributed by atoms with Crippen LogP contribution in [0, 0.1) is 0 Å². The van der Waals surface area contributed by atoms with Crippen molar-refractivity contribution in [1.29, 1.82) is 0 Å². The highest BCUT2D eigenvalue weighted by molar-refractivity contribution is 6.14. The number of nitrogens with one attached hydrogen (secondary N) is 1. The summed E-state index contributed by atoms with van der Waals surface area (Å²) in [6.45, 7) is 0. The molecule has 1 amide bonds. The van der Waals surface area contributed by atoms with E-state index in [1.54, 1.807) is 6.08 Å². The highest BCUT2D eigenvalue weighted by atomic mass is 19.4. The second kappa shape index (κ2) is 12.0. The van der Waals surface area contributed by atoms with Gasteiger partial charge in [-0.05, 0) is 79.3 Å². The minimum Gasteiger partial charge on any atom is -0.379 e. The quantitative estimate of drug-likeness (QED) is 0.123. The number of hydrogen-bond donors (Lipinski definition) is 3. The van der Waals surface area contributed by atoms with Crippen LogP contribution in [0.2, 0.25) is 0 Å². The summed E-state index contributed by atoms with van der Waals surface area (Å²) in [6.07, 6.45) is -4.08. The summed E-state index contributed by atoms with van der Waals surface area (Å²) in [6, 6.07) is 1.17. The molecule has 0 aliphatic heterocycles. The second-order valence-electron chi connectivity index (χ2n) is 9.11. The van der Waals surface area contributed by atoms with E-state index in [1.807, 2.05) is 0 Å². The first-order valence-electron chi connectivity index (χ1n) is 12.0. The number of Topliss-reactive ketones (excluding diaryl/α,β-unsaturated/α-hetero) is 1. The maximum atomic E-state index is 13.2. The Balaban J connectivity index is 1.73. The monoisotopic (exact) mass is 540 g/mol. The second-order valence-corrected chi connectivity index (χ2v) is 9.11. The zero-order valence-electron chi connectivity index (χ0n) is 20.2. The normalized spacial score (nSPS) is 17.5. The van der Waals surface area contributed by atoms with Gasteiger partial charge in [0, 0.05) is 12.0 Å². The smallest absolute Gasteiger partial charge is 0.379 e. The summed E-state index contributed by atoms with van der Waals surface area (Å²) < 4.78 is 78.9. The molecular formula is C27H26F6N2O3. The SMILES string of the molecule is NC(O)CCCCCCC(=O)NC1=C=C=C2C(=O)/C(=C/c3cc(C(F)(F)F)cc(C(F)(F)F)c3)CCC2=C1. The number of fused-ring (bicyclic) bond motifs is 1. The Morgan fingerprint density at radius 3 is 2.24 bits per heavy atom. The molecule has 1 aromatic carbocycles. The number of unbranched alkanes of at least 4 members (excludes halogenated alkanes) is 3. The van der Waals surface area contributed by atoms with Crippen LogP contribution < -0.4 is 11.1 Å². The number of rotatable bonds is 9. The molecule has 1 unspecified atom stereocenters. The van der Waals surface area contributed by atoms with Gasteiger partial charge in [0.25, 0.3) is 0 Å². The number of aliphatic hydroxyl groups excluding tert-OH is 1. The molecule has 204 valence electrons. The molecule has 0 radical (unpaired) electrons. The van der Waals surface area contributed by atoms with Crippen molar-refractivity contribution >= 4 is 17.8 Å². The molecule has 0 saturated heterocycles.